The van der Waals surface area contributed by atoms with Gasteiger partial charge in [0, 0.05) is 16.0 Å². The van der Waals surface area contributed by atoms with E-state index < -0.39 is 0 Å². The molecule has 0 saturated heterocycles. The van der Waals surface area contributed by atoms with Gasteiger partial charge in [-0.05, 0) is 75.6 Å². The molecule has 0 radical (unpaired) electrons. The van der Waals surface area contributed by atoms with Crippen molar-refractivity contribution in [3.63, 3.8) is 0 Å². The zero-order valence-electron chi connectivity index (χ0n) is 19.4. The summed E-state index contributed by atoms with van der Waals surface area (Å²) in [5.74, 6) is 0.482. The van der Waals surface area contributed by atoms with Crippen LogP contribution in [0.3, 0.4) is 0 Å². The molecule has 4 heteroatoms. The van der Waals surface area contributed by atoms with Gasteiger partial charge in [0.15, 0.2) is 0 Å². The predicted molar refractivity (Wildman–Crippen MR) is 137 cm³/mol. The molecule has 1 atom stereocenters. The average molecular weight is 591 g/mol. The largest absolute Gasteiger partial charge is 2.00 e. The molecular formula is C31H24Cl2SZr. The maximum atomic E-state index is 2.41. The van der Waals surface area contributed by atoms with Crippen LogP contribution in [0.4, 0.5) is 0 Å². The van der Waals surface area contributed by atoms with Crippen molar-refractivity contribution in [2.24, 2.45) is 0 Å². The van der Waals surface area contributed by atoms with Crippen LogP contribution in [0, 0.1) is 0 Å². The van der Waals surface area contributed by atoms with E-state index in [-0.39, 0.29) is 51.0 Å². The monoisotopic (exact) mass is 588 g/mol. The van der Waals surface area contributed by atoms with Crippen LogP contribution in [0.15, 0.2) is 95.4 Å². The van der Waals surface area contributed by atoms with Crippen molar-refractivity contribution in [1.29, 1.82) is 0 Å². The van der Waals surface area contributed by atoms with Gasteiger partial charge in [0.25, 0.3) is 0 Å². The van der Waals surface area contributed by atoms with Crippen LogP contribution in [-0.4, -0.2) is 5.25 Å². The Morgan fingerprint density at radius 3 is 2.20 bits per heavy atom. The molecule has 0 aromatic heterocycles. The van der Waals surface area contributed by atoms with Gasteiger partial charge >= 0.3 is 26.2 Å². The summed E-state index contributed by atoms with van der Waals surface area (Å²) in [4.78, 5) is 1.44. The molecular weight excluding hydrogens is 567 g/mol. The summed E-state index contributed by atoms with van der Waals surface area (Å²) in [6.45, 7) is 2.30. The van der Waals surface area contributed by atoms with Gasteiger partial charge < -0.3 is 24.8 Å². The van der Waals surface area contributed by atoms with Crippen molar-refractivity contribution in [1.82, 2.24) is 0 Å². The molecule has 35 heavy (non-hydrogen) atoms. The van der Waals surface area contributed by atoms with Gasteiger partial charge in [0.2, 0.25) is 0 Å². The van der Waals surface area contributed by atoms with E-state index in [9.17, 15) is 0 Å². The Kier molecular flexibility index (Phi) is 7.89. The van der Waals surface area contributed by atoms with Crippen LogP contribution in [-0.2, 0) is 26.2 Å². The average Bonchev–Trinajstić information content (AvgIpc) is 3.46. The van der Waals surface area contributed by atoms with Gasteiger partial charge in [-0.2, -0.15) is 0 Å². The van der Waals surface area contributed by atoms with Crippen molar-refractivity contribution in [2.75, 3.05) is 0 Å². The number of thioether (sulfide) groups is 1. The topological polar surface area (TPSA) is 0 Å². The van der Waals surface area contributed by atoms with E-state index in [4.69, 9.17) is 0 Å². The molecule has 1 unspecified atom stereocenters. The summed E-state index contributed by atoms with van der Waals surface area (Å²) >= 11 is 2.00. The van der Waals surface area contributed by atoms with E-state index in [1.54, 1.807) is 5.57 Å². The zero-order valence-corrected chi connectivity index (χ0v) is 24.2. The molecule has 1 aliphatic heterocycles. The standard InChI is InChI=1S/C31H24S.2ClH.Zr/c1-19-18-20-14-17-29-31(27-12-6-7-13-28(27)32-29)30(20)21(19)15-16-26-24-10-4-2-8-22(24)23-9-3-5-11-25(23)26;;;/h2-14,17-18,26,28H,15-16H2,1H3;2*1H;/q;;;+2/p-2. The Morgan fingerprint density at radius 1 is 0.800 bits per heavy atom. The first-order chi connectivity index (χ1) is 15.8. The fourth-order valence-corrected chi connectivity index (χ4v) is 7.37. The van der Waals surface area contributed by atoms with Gasteiger partial charge in [0.05, 0.1) is 5.25 Å². The maximum absolute atomic E-state index is 2.41. The minimum Gasteiger partial charge on any atom is -1.00 e. The van der Waals surface area contributed by atoms with E-state index in [0.29, 0.717) is 11.2 Å². The smallest absolute Gasteiger partial charge is 1.00 e. The Balaban J connectivity index is 0.000000963. The summed E-state index contributed by atoms with van der Waals surface area (Å²) in [5.41, 5.74) is 11.7. The van der Waals surface area contributed by atoms with Gasteiger partial charge in [-0.15, -0.1) is 11.8 Å². The van der Waals surface area contributed by atoms with Crippen LogP contribution in [0.25, 0.3) is 28.3 Å². The number of rotatable bonds is 3. The van der Waals surface area contributed by atoms with Crippen molar-refractivity contribution in [3.8, 4) is 11.1 Å². The molecule has 3 aromatic rings. The number of fused-ring (bicyclic) bond motifs is 7. The molecule has 172 valence electrons. The molecule has 0 nitrogen and oxygen atoms in total. The van der Waals surface area contributed by atoms with Gasteiger partial charge in [-0.1, -0.05) is 85.0 Å². The molecule has 3 aliphatic carbocycles. The third-order valence-corrected chi connectivity index (χ3v) is 8.78. The second-order valence-corrected chi connectivity index (χ2v) is 10.4. The van der Waals surface area contributed by atoms with Crippen molar-refractivity contribution in [3.05, 3.63) is 118 Å². The first-order valence-corrected chi connectivity index (χ1v) is 12.5. The van der Waals surface area contributed by atoms with Crippen LogP contribution in [0.5, 0.6) is 0 Å². The van der Waals surface area contributed by atoms with E-state index >= 15 is 0 Å². The Morgan fingerprint density at radius 2 is 1.49 bits per heavy atom. The van der Waals surface area contributed by atoms with Crippen molar-refractivity contribution >= 4 is 29.0 Å². The van der Waals surface area contributed by atoms with Crippen LogP contribution in [0.1, 0.15) is 42.4 Å². The van der Waals surface area contributed by atoms with Crippen LogP contribution < -0.4 is 35.3 Å². The summed E-state index contributed by atoms with van der Waals surface area (Å²) < 4.78 is 0. The molecule has 0 fully saturated rings. The van der Waals surface area contributed by atoms with Gasteiger partial charge in [-0.3, -0.25) is 0 Å². The molecule has 4 aliphatic rings. The second kappa shape index (κ2) is 10.4. The fourth-order valence-electron chi connectivity index (χ4n) is 6.12. The summed E-state index contributed by atoms with van der Waals surface area (Å²) in [6, 6.07) is 22.7. The molecule has 0 amide bonds. The molecule has 0 bridgehead atoms. The summed E-state index contributed by atoms with van der Waals surface area (Å²) in [5, 5.41) is 3.47. The second-order valence-electron chi connectivity index (χ2n) is 9.21. The molecule has 3 aromatic carbocycles. The SMILES string of the molecule is CC1=Cc2ccc3c(c2=C1CCC1c2ccccc2-c2ccccc21)=C1C=CC=CC1S3.[Cl-].[Cl-].[Zr+2]. The Labute approximate surface area is 242 Å². The molecule has 0 saturated carbocycles. The molecule has 0 N–H and O–H groups in total. The van der Waals surface area contributed by atoms with Crippen LogP contribution in [0.2, 0.25) is 0 Å². The first kappa shape index (κ1) is 26.5. The van der Waals surface area contributed by atoms with Crippen LogP contribution >= 0.6 is 11.8 Å². The Bertz CT molecular complexity index is 1480. The number of hydrogen-bond acceptors (Lipinski definition) is 1. The van der Waals surface area contributed by atoms with Crippen molar-refractivity contribution in [2.45, 2.75) is 35.8 Å². The van der Waals surface area contributed by atoms with E-state index in [1.165, 1.54) is 54.3 Å². The van der Waals surface area contributed by atoms with Crippen molar-refractivity contribution < 1.29 is 51.0 Å². The minimum absolute atomic E-state index is 0. The maximum Gasteiger partial charge on any atom is 2.00 e. The number of benzene rings is 3. The molecule has 0 spiro atoms. The zero-order chi connectivity index (χ0) is 21.2. The van der Waals surface area contributed by atoms with E-state index in [1.807, 2.05) is 11.8 Å². The van der Waals surface area contributed by atoms with Gasteiger partial charge in [-0.25, -0.2) is 0 Å². The molecule has 1 heterocycles. The van der Waals surface area contributed by atoms with E-state index in [2.05, 4.69) is 98.0 Å². The Hall–Kier alpha value is -1.57. The normalized spacial score (nSPS) is 17.9. The molecule has 7 rings (SSSR count). The summed E-state index contributed by atoms with van der Waals surface area (Å²) in [7, 11) is 0. The summed E-state index contributed by atoms with van der Waals surface area (Å²) in [6.07, 6.45) is 13.7. The third kappa shape index (κ3) is 4.12. The van der Waals surface area contributed by atoms with E-state index in [0.717, 1.165) is 12.8 Å². The number of halogens is 2. The third-order valence-electron chi connectivity index (χ3n) is 7.52. The number of allylic oxidation sites excluding steroid dienone is 4. The predicted octanol–water partition coefficient (Wildman–Crippen LogP) is 0.603. The minimum atomic E-state index is 0. The first-order valence-electron chi connectivity index (χ1n) is 11.6. The quantitative estimate of drug-likeness (QED) is 0.431. The fraction of sp³-hybridized carbons (Fsp3) is 0.161. The van der Waals surface area contributed by atoms with Gasteiger partial charge in [0.1, 0.15) is 0 Å². The number of hydrogen-bond donors (Lipinski definition) is 0.